The van der Waals surface area contributed by atoms with E-state index in [1.54, 1.807) is 43.3 Å². The summed E-state index contributed by atoms with van der Waals surface area (Å²) in [5.74, 6) is -0.0955. The molecule has 0 saturated carbocycles. The number of hydrogen-bond donors (Lipinski definition) is 0. The number of hydrogen-bond acceptors (Lipinski definition) is 6. The normalized spacial score (nSPS) is 18.1. The molecule has 3 atom stereocenters. The number of carbonyl (C=O) groups is 2. The first kappa shape index (κ1) is 24.1. The zero-order chi connectivity index (χ0) is 25.1. The molecule has 1 unspecified atom stereocenters. The molecule has 3 aromatic rings. The molecule has 1 fully saturated rings. The van der Waals surface area contributed by atoms with E-state index in [2.05, 4.69) is 0 Å². The predicted molar refractivity (Wildman–Crippen MR) is 127 cm³/mol. The van der Waals surface area contributed by atoms with Crippen molar-refractivity contribution in [2.75, 3.05) is 19.1 Å². The maximum Gasteiger partial charge on any atom is 0.415 e. The number of benzene rings is 3. The van der Waals surface area contributed by atoms with Gasteiger partial charge in [0.1, 0.15) is 18.0 Å². The number of ether oxygens (including phenoxy) is 4. The Hall–Kier alpha value is -4.07. The molecule has 182 valence electrons. The molecule has 0 aromatic heterocycles. The summed E-state index contributed by atoms with van der Waals surface area (Å²) < 4.78 is 36.2. The van der Waals surface area contributed by atoms with Gasteiger partial charge in [-0.15, -0.1) is 0 Å². The molecule has 4 rings (SSSR count). The highest BCUT2D eigenvalue weighted by atomic mass is 19.1. The largest absolute Gasteiger partial charge is 0.493 e. The Morgan fingerprint density at radius 3 is 2.40 bits per heavy atom. The van der Waals surface area contributed by atoms with Crippen LogP contribution in [0.2, 0.25) is 0 Å². The smallest absolute Gasteiger partial charge is 0.415 e. The van der Waals surface area contributed by atoms with Gasteiger partial charge in [0.25, 0.3) is 0 Å². The topological polar surface area (TPSA) is 74.3 Å². The van der Waals surface area contributed by atoms with Gasteiger partial charge in [-0.2, -0.15) is 0 Å². The van der Waals surface area contributed by atoms with Crippen LogP contribution in [-0.2, 0) is 9.47 Å². The van der Waals surface area contributed by atoms with Crippen molar-refractivity contribution in [2.24, 2.45) is 0 Å². The number of aryl methyl sites for hydroxylation is 1. The molecule has 0 N–H and O–H groups in total. The van der Waals surface area contributed by atoms with E-state index in [9.17, 15) is 14.0 Å². The van der Waals surface area contributed by atoms with Crippen molar-refractivity contribution in [1.29, 1.82) is 0 Å². The molecular weight excluding hydrogens is 453 g/mol. The fraction of sp³-hybridized carbons (Fsp3) is 0.259. The average Bonchev–Trinajstić information content (AvgIpc) is 3.20. The minimum absolute atomic E-state index is 0.395. The van der Waals surface area contributed by atoms with Gasteiger partial charge in [-0.25, -0.2) is 14.0 Å². The van der Waals surface area contributed by atoms with Crippen LogP contribution < -0.4 is 14.4 Å². The van der Waals surface area contributed by atoms with Gasteiger partial charge in [0, 0.05) is 11.3 Å². The lowest BCUT2D eigenvalue weighted by atomic mass is 9.95. The van der Waals surface area contributed by atoms with Gasteiger partial charge < -0.3 is 18.9 Å². The molecule has 1 aliphatic heterocycles. The van der Waals surface area contributed by atoms with Crippen LogP contribution in [0.5, 0.6) is 11.5 Å². The lowest BCUT2D eigenvalue weighted by molar-refractivity contribution is -0.0101. The molecular formula is C27H26FNO6. The quantitative estimate of drug-likeness (QED) is 0.419. The summed E-state index contributed by atoms with van der Waals surface area (Å²) in [7, 11) is 3.01. The predicted octanol–water partition coefficient (Wildman–Crippen LogP) is 5.46. The van der Waals surface area contributed by atoms with E-state index in [-0.39, 0.29) is 0 Å². The minimum atomic E-state index is -0.887. The van der Waals surface area contributed by atoms with Crippen molar-refractivity contribution in [3.8, 4) is 11.5 Å². The number of halogens is 1. The third kappa shape index (κ3) is 4.77. The highest BCUT2D eigenvalue weighted by Gasteiger charge is 2.49. The fourth-order valence-electron chi connectivity index (χ4n) is 4.26. The first-order valence-electron chi connectivity index (χ1n) is 11.1. The van der Waals surface area contributed by atoms with Crippen molar-refractivity contribution in [3.63, 3.8) is 0 Å². The fourth-order valence-corrected chi connectivity index (χ4v) is 4.26. The lowest BCUT2D eigenvalue weighted by Gasteiger charge is -2.29. The van der Waals surface area contributed by atoms with Gasteiger partial charge in [0.05, 0.1) is 19.8 Å². The molecule has 0 radical (unpaired) electrons. The van der Waals surface area contributed by atoms with E-state index >= 15 is 0 Å². The maximum absolute atomic E-state index is 13.6. The van der Waals surface area contributed by atoms with Crippen molar-refractivity contribution in [2.45, 2.75) is 32.1 Å². The third-order valence-corrected chi connectivity index (χ3v) is 5.89. The first-order valence-corrected chi connectivity index (χ1v) is 11.1. The number of esters is 1. The standard InChI is InChI=1S/C27H26FNO6/c1-16-7-5-8-18(15-16)26(30)34-17(2)24-23(21-9-6-10-22(32-3)25(21)33-4)29(27(31)35-24)20-13-11-19(28)12-14-20/h5-15,17,23-24H,1-4H3/t17?,23-,24-/m1/s1. The average molecular weight is 480 g/mol. The Kier molecular flexibility index (Phi) is 6.91. The Balaban J connectivity index is 1.75. The summed E-state index contributed by atoms with van der Waals surface area (Å²) in [6, 6.07) is 17.1. The number of cyclic esters (lactones) is 1. The number of anilines is 1. The summed E-state index contributed by atoms with van der Waals surface area (Å²) in [5.41, 5.74) is 2.32. The van der Waals surface area contributed by atoms with E-state index < -0.39 is 36.1 Å². The van der Waals surface area contributed by atoms with Gasteiger partial charge in [-0.05, 0) is 56.3 Å². The van der Waals surface area contributed by atoms with Crippen molar-refractivity contribution < 1.29 is 32.9 Å². The number of para-hydroxylation sites is 1. The molecule has 1 heterocycles. The van der Waals surface area contributed by atoms with Gasteiger partial charge in [0.2, 0.25) is 0 Å². The summed E-state index contributed by atoms with van der Waals surface area (Å²) in [4.78, 5) is 27.3. The van der Waals surface area contributed by atoms with Gasteiger partial charge in [-0.1, -0.05) is 29.8 Å². The number of nitrogens with zero attached hydrogens (tertiary/aromatic N) is 1. The Morgan fingerprint density at radius 1 is 1.03 bits per heavy atom. The number of amides is 1. The van der Waals surface area contributed by atoms with Crippen LogP contribution in [0.4, 0.5) is 14.9 Å². The summed E-state index contributed by atoms with van der Waals surface area (Å²) >= 11 is 0. The van der Waals surface area contributed by atoms with Crippen LogP contribution in [0, 0.1) is 12.7 Å². The van der Waals surface area contributed by atoms with E-state index in [1.165, 1.54) is 43.4 Å². The van der Waals surface area contributed by atoms with Crippen LogP contribution in [0.15, 0.2) is 66.7 Å². The Morgan fingerprint density at radius 2 is 1.74 bits per heavy atom. The zero-order valence-electron chi connectivity index (χ0n) is 19.9. The highest BCUT2D eigenvalue weighted by Crippen LogP contribution is 2.45. The number of methoxy groups -OCH3 is 2. The minimum Gasteiger partial charge on any atom is -0.493 e. The van der Waals surface area contributed by atoms with Crippen molar-refractivity contribution in [1.82, 2.24) is 0 Å². The molecule has 7 nitrogen and oxygen atoms in total. The monoisotopic (exact) mass is 479 g/mol. The Labute approximate surface area is 203 Å². The van der Waals surface area contributed by atoms with E-state index in [4.69, 9.17) is 18.9 Å². The van der Waals surface area contributed by atoms with Gasteiger partial charge >= 0.3 is 12.1 Å². The number of carbonyl (C=O) groups excluding carboxylic acids is 2. The van der Waals surface area contributed by atoms with Crippen LogP contribution in [0.1, 0.15) is 34.5 Å². The molecule has 0 aliphatic carbocycles. The van der Waals surface area contributed by atoms with Crippen molar-refractivity contribution in [3.05, 3.63) is 89.2 Å². The summed E-state index contributed by atoms with van der Waals surface area (Å²) in [5, 5.41) is 0. The van der Waals surface area contributed by atoms with Crippen molar-refractivity contribution >= 4 is 17.7 Å². The second kappa shape index (κ2) is 10.0. The maximum atomic E-state index is 13.6. The molecule has 0 spiro atoms. The lowest BCUT2D eigenvalue weighted by Crippen LogP contribution is -2.36. The van der Waals surface area contributed by atoms with Crippen LogP contribution in [-0.4, -0.2) is 38.5 Å². The molecule has 3 aromatic carbocycles. The van der Waals surface area contributed by atoms with Crippen LogP contribution in [0.25, 0.3) is 0 Å². The molecule has 0 bridgehead atoms. The van der Waals surface area contributed by atoms with Gasteiger partial charge in [0.15, 0.2) is 17.6 Å². The molecule has 8 heteroatoms. The van der Waals surface area contributed by atoms with E-state index in [1.807, 2.05) is 13.0 Å². The van der Waals surface area contributed by atoms with Crippen LogP contribution >= 0.6 is 0 Å². The first-order chi connectivity index (χ1) is 16.8. The molecule has 1 saturated heterocycles. The molecule has 35 heavy (non-hydrogen) atoms. The third-order valence-electron chi connectivity index (χ3n) is 5.89. The second-order valence-corrected chi connectivity index (χ2v) is 8.20. The second-order valence-electron chi connectivity index (χ2n) is 8.20. The molecule has 1 amide bonds. The SMILES string of the molecule is COc1cccc([C@@H]2[C@@H](C(C)OC(=O)c3cccc(C)c3)OC(=O)N2c2ccc(F)cc2)c1OC. The Bertz CT molecular complexity index is 1230. The summed E-state index contributed by atoms with van der Waals surface area (Å²) in [6.07, 6.45) is -2.37. The highest BCUT2D eigenvalue weighted by molar-refractivity contribution is 5.92. The number of rotatable bonds is 7. The molecule has 1 aliphatic rings. The summed E-state index contributed by atoms with van der Waals surface area (Å²) in [6.45, 7) is 3.55. The van der Waals surface area contributed by atoms with E-state index in [0.717, 1.165) is 5.56 Å². The zero-order valence-corrected chi connectivity index (χ0v) is 19.9. The van der Waals surface area contributed by atoms with Gasteiger partial charge in [-0.3, -0.25) is 4.90 Å². The van der Waals surface area contributed by atoms with E-state index in [0.29, 0.717) is 28.3 Å². The van der Waals surface area contributed by atoms with Crippen LogP contribution in [0.3, 0.4) is 0 Å².